The normalized spacial score (nSPS) is 10.1. The highest BCUT2D eigenvalue weighted by Gasteiger charge is 2.13. The molecule has 0 fully saturated rings. The number of amides is 2. The number of aromatic nitrogens is 3. The lowest BCUT2D eigenvalue weighted by Crippen LogP contribution is -2.34. The van der Waals surface area contributed by atoms with Crippen molar-refractivity contribution in [2.24, 2.45) is 0 Å². The summed E-state index contributed by atoms with van der Waals surface area (Å²) in [4.78, 5) is 36.7. The predicted octanol–water partition coefficient (Wildman–Crippen LogP) is -0.574. The molecule has 21 heavy (non-hydrogen) atoms. The molecule has 2 amide bonds. The van der Waals surface area contributed by atoms with E-state index >= 15 is 0 Å². The van der Waals surface area contributed by atoms with E-state index in [1.807, 2.05) is 6.07 Å². The Balaban J connectivity index is 2.03. The molecule has 0 bridgehead atoms. The highest BCUT2D eigenvalue weighted by atomic mass is 16.2. The van der Waals surface area contributed by atoms with E-state index in [4.69, 9.17) is 0 Å². The van der Waals surface area contributed by atoms with Crippen LogP contribution in [0.1, 0.15) is 17.5 Å². The topological polar surface area (TPSA) is 109 Å². The maximum absolute atomic E-state index is 11.8. The number of aromatic amines is 1. The molecular formula is C13H15N5O3. The number of hydrogen-bond donors (Lipinski definition) is 3. The molecule has 0 radical (unpaired) electrons. The Morgan fingerprint density at radius 3 is 2.52 bits per heavy atom. The van der Waals surface area contributed by atoms with Crippen molar-refractivity contribution in [2.45, 2.75) is 6.92 Å². The average Bonchev–Trinajstić information content (AvgIpc) is 2.86. The van der Waals surface area contributed by atoms with Crippen LogP contribution in [-0.4, -0.2) is 39.7 Å². The van der Waals surface area contributed by atoms with Gasteiger partial charge in [0.1, 0.15) is 0 Å². The van der Waals surface area contributed by atoms with Crippen molar-refractivity contribution in [3.8, 4) is 5.69 Å². The van der Waals surface area contributed by atoms with E-state index in [0.717, 1.165) is 4.68 Å². The number of hydrogen-bond acceptors (Lipinski definition) is 4. The molecule has 2 rings (SSSR count). The Hall–Kier alpha value is -2.90. The van der Waals surface area contributed by atoms with Crippen molar-refractivity contribution in [1.29, 1.82) is 0 Å². The predicted molar refractivity (Wildman–Crippen MR) is 75.2 cm³/mol. The molecule has 8 nitrogen and oxygen atoms in total. The minimum Gasteiger partial charge on any atom is -0.355 e. The molecular weight excluding hydrogens is 274 g/mol. The zero-order chi connectivity index (χ0) is 15.2. The van der Waals surface area contributed by atoms with Crippen LogP contribution in [-0.2, 0) is 4.79 Å². The van der Waals surface area contributed by atoms with Gasteiger partial charge in [-0.3, -0.25) is 14.6 Å². The van der Waals surface area contributed by atoms with Gasteiger partial charge in [-0.1, -0.05) is 18.2 Å². The molecule has 0 saturated carbocycles. The molecule has 0 aliphatic heterocycles. The average molecular weight is 289 g/mol. The maximum Gasteiger partial charge on any atom is 0.348 e. The van der Waals surface area contributed by atoms with Crippen molar-refractivity contribution < 1.29 is 9.59 Å². The van der Waals surface area contributed by atoms with Gasteiger partial charge in [0.15, 0.2) is 0 Å². The molecule has 3 N–H and O–H groups in total. The maximum atomic E-state index is 11.8. The number of H-pyrrole nitrogens is 1. The Bertz CT molecular complexity index is 689. The third-order valence-corrected chi connectivity index (χ3v) is 2.62. The standard InChI is InChI=1S/C13H15N5O3/c1-9(19)14-7-8-15-12(20)11-16-13(21)18(17-11)10-5-3-2-4-6-10/h2-6H,7-8H2,1H3,(H,14,19)(H,15,20)(H,16,17,21). The molecule has 0 saturated heterocycles. The Kier molecular flexibility index (Phi) is 4.50. The second-order valence-electron chi connectivity index (χ2n) is 4.26. The second-order valence-corrected chi connectivity index (χ2v) is 4.26. The first-order valence-corrected chi connectivity index (χ1v) is 6.35. The summed E-state index contributed by atoms with van der Waals surface area (Å²) in [7, 11) is 0. The van der Waals surface area contributed by atoms with E-state index in [1.54, 1.807) is 24.3 Å². The first-order valence-electron chi connectivity index (χ1n) is 6.35. The summed E-state index contributed by atoms with van der Waals surface area (Å²) in [5.41, 5.74) is 0.0734. The monoisotopic (exact) mass is 289 g/mol. The van der Waals surface area contributed by atoms with Gasteiger partial charge in [-0.25, -0.2) is 4.79 Å². The first-order chi connectivity index (χ1) is 10.1. The van der Waals surface area contributed by atoms with E-state index in [0.29, 0.717) is 12.2 Å². The van der Waals surface area contributed by atoms with E-state index in [1.165, 1.54) is 6.92 Å². The largest absolute Gasteiger partial charge is 0.355 e. The highest BCUT2D eigenvalue weighted by molar-refractivity contribution is 5.90. The van der Waals surface area contributed by atoms with E-state index in [-0.39, 0.29) is 18.3 Å². The SMILES string of the molecule is CC(=O)NCCNC(=O)c1nn(-c2ccccc2)c(=O)[nH]1. The number of carbonyl (C=O) groups is 2. The molecule has 0 aliphatic carbocycles. The third-order valence-electron chi connectivity index (χ3n) is 2.62. The molecule has 0 spiro atoms. The van der Waals surface area contributed by atoms with Crippen molar-refractivity contribution in [3.05, 3.63) is 46.6 Å². The lowest BCUT2D eigenvalue weighted by Gasteiger charge is -2.03. The fourth-order valence-electron chi connectivity index (χ4n) is 1.67. The molecule has 0 aliphatic rings. The van der Waals surface area contributed by atoms with Gasteiger partial charge in [-0.15, -0.1) is 5.10 Å². The summed E-state index contributed by atoms with van der Waals surface area (Å²) in [6, 6.07) is 8.77. The first kappa shape index (κ1) is 14.5. The van der Waals surface area contributed by atoms with Gasteiger partial charge in [-0.05, 0) is 12.1 Å². The van der Waals surface area contributed by atoms with E-state index in [9.17, 15) is 14.4 Å². The smallest absolute Gasteiger partial charge is 0.348 e. The lowest BCUT2D eigenvalue weighted by molar-refractivity contribution is -0.118. The molecule has 0 unspecified atom stereocenters. The van der Waals surface area contributed by atoms with E-state index < -0.39 is 11.6 Å². The summed E-state index contributed by atoms with van der Waals surface area (Å²) in [6.07, 6.45) is 0. The van der Waals surface area contributed by atoms with Gasteiger partial charge in [0, 0.05) is 20.0 Å². The molecule has 0 atom stereocenters. The number of benzene rings is 1. The summed E-state index contributed by atoms with van der Waals surface area (Å²) >= 11 is 0. The molecule has 2 aromatic rings. The van der Waals surface area contributed by atoms with Gasteiger partial charge >= 0.3 is 5.69 Å². The van der Waals surface area contributed by atoms with Crippen molar-refractivity contribution in [1.82, 2.24) is 25.4 Å². The molecule has 1 heterocycles. The Morgan fingerprint density at radius 2 is 1.86 bits per heavy atom. The van der Waals surface area contributed by atoms with Crippen LogP contribution in [0, 0.1) is 0 Å². The number of nitrogens with one attached hydrogen (secondary N) is 3. The summed E-state index contributed by atoms with van der Waals surface area (Å²) in [6.45, 7) is 1.95. The summed E-state index contributed by atoms with van der Waals surface area (Å²) < 4.78 is 1.11. The zero-order valence-corrected chi connectivity index (χ0v) is 11.4. The summed E-state index contributed by atoms with van der Waals surface area (Å²) in [5, 5.41) is 9.03. The van der Waals surface area contributed by atoms with Crippen LogP contribution < -0.4 is 16.3 Å². The number of rotatable bonds is 5. The van der Waals surface area contributed by atoms with Crippen LogP contribution in [0.15, 0.2) is 35.1 Å². The fourth-order valence-corrected chi connectivity index (χ4v) is 1.67. The minimum absolute atomic E-state index is 0.0771. The highest BCUT2D eigenvalue weighted by Crippen LogP contribution is 2.01. The van der Waals surface area contributed by atoms with Gasteiger partial charge in [0.05, 0.1) is 5.69 Å². The molecule has 110 valence electrons. The second kappa shape index (κ2) is 6.51. The lowest BCUT2D eigenvalue weighted by atomic mass is 10.3. The molecule has 8 heteroatoms. The van der Waals surface area contributed by atoms with Crippen molar-refractivity contribution in [3.63, 3.8) is 0 Å². The number of nitrogens with zero attached hydrogens (tertiary/aromatic N) is 2. The zero-order valence-electron chi connectivity index (χ0n) is 11.4. The van der Waals surface area contributed by atoms with Crippen LogP contribution in [0.3, 0.4) is 0 Å². The van der Waals surface area contributed by atoms with Gasteiger partial charge in [0.2, 0.25) is 11.7 Å². The number of para-hydroxylation sites is 1. The molecule has 1 aromatic carbocycles. The Labute approximate surface area is 120 Å². The van der Waals surface area contributed by atoms with Crippen LogP contribution in [0.4, 0.5) is 0 Å². The van der Waals surface area contributed by atoms with Crippen molar-refractivity contribution in [2.75, 3.05) is 13.1 Å². The van der Waals surface area contributed by atoms with E-state index in [2.05, 4.69) is 20.7 Å². The quantitative estimate of drug-likeness (QED) is 0.640. The Morgan fingerprint density at radius 1 is 1.19 bits per heavy atom. The van der Waals surface area contributed by atoms with Crippen LogP contribution >= 0.6 is 0 Å². The number of carbonyl (C=O) groups excluding carboxylic acids is 2. The van der Waals surface area contributed by atoms with Crippen LogP contribution in [0.25, 0.3) is 5.69 Å². The van der Waals surface area contributed by atoms with Crippen LogP contribution in [0.2, 0.25) is 0 Å². The van der Waals surface area contributed by atoms with Gasteiger partial charge < -0.3 is 10.6 Å². The fraction of sp³-hybridized carbons (Fsp3) is 0.231. The van der Waals surface area contributed by atoms with Crippen LogP contribution in [0.5, 0.6) is 0 Å². The van der Waals surface area contributed by atoms with Gasteiger partial charge in [-0.2, -0.15) is 4.68 Å². The van der Waals surface area contributed by atoms with Crippen molar-refractivity contribution >= 4 is 11.8 Å². The summed E-state index contributed by atoms with van der Waals surface area (Å²) in [5.74, 6) is -0.759. The molecule has 1 aromatic heterocycles. The van der Waals surface area contributed by atoms with Gasteiger partial charge in [0.25, 0.3) is 5.91 Å². The third kappa shape index (κ3) is 3.78. The minimum atomic E-state index is -0.507.